The van der Waals surface area contributed by atoms with Crippen LogP contribution in [-0.4, -0.2) is 67.1 Å². The molecule has 1 amide bonds. The Bertz CT molecular complexity index is 1080. The van der Waals surface area contributed by atoms with Crippen molar-refractivity contribution in [2.24, 2.45) is 0 Å². The zero-order valence-corrected chi connectivity index (χ0v) is 20.5. The minimum absolute atomic E-state index is 0.160. The van der Waals surface area contributed by atoms with Gasteiger partial charge in [0.2, 0.25) is 5.88 Å². The molecule has 9 heteroatoms. The van der Waals surface area contributed by atoms with Gasteiger partial charge in [0, 0.05) is 29.5 Å². The molecule has 0 unspecified atom stereocenters. The molecule has 1 fully saturated rings. The van der Waals surface area contributed by atoms with Gasteiger partial charge < -0.3 is 23.7 Å². The minimum Gasteiger partial charge on any atom is -0.496 e. The number of ether oxygens (including phenoxy) is 5. The SMILES string of the molecule is C=Cc1cc2c(O[C@@H]3C[C@H](C(=O)OC)N(C(=O)OC(C)(C)C)C3)cc(OCC)nc2cc1OC. The lowest BCUT2D eigenvalue weighted by Crippen LogP contribution is -2.44. The molecule has 2 aromatic rings. The van der Waals surface area contributed by atoms with Gasteiger partial charge in [0.05, 0.1) is 32.9 Å². The Morgan fingerprint density at radius 3 is 2.53 bits per heavy atom. The molecule has 0 N–H and O–H groups in total. The van der Waals surface area contributed by atoms with E-state index < -0.39 is 29.8 Å². The highest BCUT2D eigenvalue weighted by molar-refractivity contribution is 5.90. The van der Waals surface area contributed by atoms with Crippen LogP contribution in [0.3, 0.4) is 0 Å². The van der Waals surface area contributed by atoms with Crippen molar-refractivity contribution in [2.45, 2.75) is 51.9 Å². The van der Waals surface area contributed by atoms with Gasteiger partial charge in [-0.2, -0.15) is 0 Å². The maximum atomic E-state index is 12.8. The van der Waals surface area contributed by atoms with E-state index >= 15 is 0 Å². The number of likely N-dealkylation sites (tertiary alicyclic amines) is 1. The van der Waals surface area contributed by atoms with Crippen LogP contribution in [0.15, 0.2) is 24.8 Å². The van der Waals surface area contributed by atoms with Crippen molar-refractivity contribution in [1.29, 1.82) is 0 Å². The van der Waals surface area contributed by atoms with E-state index in [0.29, 0.717) is 29.5 Å². The highest BCUT2D eigenvalue weighted by Gasteiger charge is 2.43. The molecule has 0 spiro atoms. The highest BCUT2D eigenvalue weighted by Crippen LogP contribution is 2.36. The molecule has 1 aromatic heterocycles. The molecule has 184 valence electrons. The molecular weight excluding hydrogens is 440 g/mol. The fourth-order valence-corrected chi connectivity index (χ4v) is 3.82. The summed E-state index contributed by atoms with van der Waals surface area (Å²) in [5, 5.41) is 0.726. The summed E-state index contributed by atoms with van der Waals surface area (Å²) in [7, 11) is 2.87. The van der Waals surface area contributed by atoms with Crippen molar-refractivity contribution >= 4 is 29.0 Å². The number of carbonyl (C=O) groups is 2. The third kappa shape index (κ3) is 5.52. The maximum Gasteiger partial charge on any atom is 0.411 e. The summed E-state index contributed by atoms with van der Waals surface area (Å²) < 4.78 is 27.8. The molecule has 0 bridgehead atoms. The van der Waals surface area contributed by atoms with E-state index in [4.69, 9.17) is 23.7 Å². The van der Waals surface area contributed by atoms with E-state index in [2.05, 4.69) is 11.6 Å². The Morgan fingerprint density at radius 2 is 1.94 bits per heavy atom. The van der Waals surface area contributed by atoms with Crippen LogP contribution >= 0.6 is 0 Å². The molecule has 2 atom stereocenters. The van der Waals surface area contributed by atoms with Crippen LogP contribution in [0.5, 0.6) is 17.4 Å². The number of benzene rings is 1. The molecule has 1 aliphatic heterocycles. The van der Waals surface area contributed by atoms with Crippen molar-refractivity contribution in [2.75, 3.05) is 27.4 Å². The van der Waals surface area contributed by atoms with Crippen LogP contribution in [0.25, 0.3) is 17.0 Å². The van der Waals surface area contributed by atoms with Gasteiger partial charge in [-0.15, -0.1) is 0 Å². The van der Waals surface area contributed by atoms with Gasteiger partial charge in [0.25, 0.3) is 0 Å². The smallest absolute Gasteiger partial charge is 0.411 e. The fourth-order valence-electron chi connectivity index (χ4n) is 3.82. The molecule has 9 nitrogen and oxygen atoms in total. The van der Waals surface area contributed by atoms with Crippen molar-refractivity contribution in [3.63, 3.8) is 0 Å². The molecule has 2 heterocycles. The Hall–Kier alpha value is -3.49. The largest absolute Gasteiger partial charge is 0.496 e. The quantitative estimate of drug-likeness (QED) is 0.553. The first-order valence-electron chi connectivity index (χ1n) is 11.1. The predicted octanol–water partition coefficient (Wildman–Crippen LogP) is 4.21. The number of hydrogen-bond acceptors (Lipinski definition) is 8. The zero-order chi connectivity index (χ0) is 25.0. The predicted molar refractivity (Wildman–Crippen MR) is 127 cm³/mol. The number of carbonyl (C=O) groups excluding carboxylic acids is 2. The molecule has 1 aromatic carbocycles. The molecule has 34 heavy (non-hydrogen) atoms. The van der Waals surface area contributed by atoms with Gasteiger partial charge in [-0.1, -0.05) is 12.7 Å². The summed E-state index contributed by atoms with van der Waals surface area (Å²) in [4.78, 5) is 31.1. The van der Waals surface area contributed by atoms with Crippen LogP contribution in [0.2, 0.25) is 0 Å². The van der Waals surface area contributed by atoms with E-state index in [0.717, 1.165) is 10.9 Å². The van der Waals surface area contributed by atoms with Crippen LogP contribution in [-0.2, 0) is 14.3 Å². The van der Waals surface area contributed by atoms with Gasteiger partial charge in [-0.05, 0) is 33.8 Å². The van der Waals surface area contributed by atoms with E-state index in [1.54, 1.807) is 46.1 Å². The molecule has 3 rings (SSSR count). The van der Waals surface area contributed by atoms with E-state index in [9.17, 15) is 9.59 Å². The summed E-state index contributed by atoms with van der Waals surface area (Å²) in [6.07, 6.45) is 0.865. The molecular formula is C25H32N2O7. The number of nitrogens with zero attached hydrogens (tertiary/aromatic N) is 2. The van der Waals surface area contributed by atoms with Crippen LogP contribution < -0.4 is 14.2 Å². The van der Waals surface area contributed by atoms with Gasteiger partial charge in [0.15, 0.2) is 0 Å². The normalized spacial score (nSPS) is 17.9. The van der Waals surface area contributed by atoms with Crippen LogP contribution in [0.1, 0.15) is 39.7 Å². The monoisotopic (exact) mass is 472 g/mol. The lowest BCUT2D eigenvalue weighted by Gasteiger charge is -2.27. The average Bonchev–Trinajstić information content (AvgIpc) is 3.20. The second kappa shape index (κ2) is 10.2. The third-order valence-electron chi connectivity index (χ3n) is 5.27. The standard InChI is InChI=1S/C25H32N2O7/c1-8-15-10-17-18(12-20(15)30-6)26-22(32-9-2)13-21(17)33-16-11-19(23(28)31-7)27(14-16)24(29)34-25(3,4)5/h8,10,12-13,16,19H,1,9,11,14H2,2-7H3/t16-,19-/m1/s1. The topological polar surface area (TPSA) is 96.4 Å². The summed E-state index contributed by atoms with van der Waals surface area (Å²) >= 11 is 0. The Labute approximate surface area is 199 Å². The number of hydrogen-bond donors (Lipinski definition) is 0. The van der Waals surface area contributed by atoms with Crippen molar-refractivity contribution < 1.29 is 33.3 Å². The summed E-state index contributed by atoms with van der Waals surface area (Å²) in [5.41, 5.74) is 0.694. The number of rotatable bonds is 7. The lowest BCUT2D eigenvalue weighted by molar-refractivity contribution is -0.145. The third-order valence-corrected chi connectivity index (χ3v) is 5.27. The van der Waals surface area contributed by atoms with Crippen LogP contribution in [0, 0.1) is 0 Å². The molecule has 0 aliphatic carbocycles. The molecule has 1 saturated heterocycles. The number of aromatic nitrogens is 1. The average molecular weight is 473 g/mol. The highest BCUT2D eigenvalue weighted by atomic mass is 16.6. The molecule has 0 saturated carbocycles. The van der Waals surface area contributed by atoms with Gasteiger partial charge in [-0.3, -0.25) is 4.90 Å². The second-order valence-corrected chi connectivity index (χ2v) is 8.85. The zero-order valence-electron chi connectivity index (χ0n) is 20.5. The first kappa shape index (κ1) is 25.1. The van der Waals surface area contributed by atoms with E-state index in [-0.39, 0.29) is 13.0 Å². The van der Waals surface area contributed by atoms with Gasteiger partial charge in [-0.25, -0.2) is 14.6 Å². The second-order valence-electron chi connectivity index (χ2n) is 8.85. The van der Waals surface area contributed by atoms with Crippen molar-refractivity contribution in [1.82, 2.24) is 9.88 Å². The van der Waals surface area contributed by atoms with E-state index in [1.165, 1.54) is 12.0 Å². The maximum absolute atomic E-state index is 12.8. The fraction of sp³-hybridized carbons (Fsp3) is 0.480. The molecule has 0 radical (unpaired) electrons. The number of esters is 1. The molecule has 1 aliphatic rings. The Morgan fingerprint density at radius 1 is 1.21 bits per heavy atom. The van der Waals surface area contributed by atoms with Gasteiger partial charge in [0.1, 0.15) is 29.2 Å². The summed E-state index contributed by atoms with van der Waals surface area (Å²) in [5.74, 6) is 1.01. The Balaban J connectivity index is 1.97. The first-order chi connectivity index (χ1) is 16.1. The lowest BCUT2D eigenvalue weighted by atomic mass is 10.1. The number of amides is 1. The van der Waals surface area contributed by atoms with Crippen molar-refractivity contribution in [3.05, 3.63) is 30.3 Å². The summed E-state index contributed by atoms with van der Waals surface area (Å²) in [6.45, 7) is 11.6. The first-order valence-corrected chi connectivity index (χ1v) is 11.1. The number of fused-ring (bicyclic) bond motifs is 1. The van der Waals surface area contributed by atoms with Crippen molar-refractivity contribution in [3.8, 4) is 17.4 Å². The van der Waals surface area contributed by atoms with E-state index in [1.807, 2.05) is 13.0 Å². The van der Waals surface area contributed by atoms with Crippen LogP contribution in [0.4, 0.5) is 4.79 Å². The summed E-state index contributed by atoms with van der Waals surface area (Å²) in [6, 6.07) is 4.56. The Kier molecular flexibility index (Phi) is 7.54. The van der Waals surface area contributed by atoms with Gasteiger partial charge >= 0.3 is 12.1 Å². The minimum atomic E-state index is -0.812. The number of pyridine rings is 1. The number of methoxy groups -OCH3 is 2.